The van der Waals surface area contributed by atoms with E-state index in [1.165, 1.54) is 62.3 Å². The van der Waals surface area contributed by atoms with Crippen LogP contribution in [-0.4, -0.2) is 48.9 Å². The first kappa shape index (κ1) is 27.3. The normalized spacial score (nSPS) is 22.2. The van der Waals surface area contributed by atoms with Crippen LogP contribution in [0.4, 0.5) is 10.2 Å². The Bertz CT molecular complexity index is 955. The van der Waals surface area contributed by atoms with Gasteiger partial charge in [-0.1, -0.05) is 71.1 Å². The third-order valence-corrected chi connectivity index (χ3v) is 6.81. The lowest BCUT2D eigenvalue weighted by molar-refractivity contribution is -0.164. The summed E-state index contributed by atoms with van der Waals surface area (Å²) in [4.78, 5) is 23.9. The second-order valence-corrected chi connectivity index (χ2v) is 9.74. The molecule has 1 saturated heterocycles. The molecule has 0 saturated carbocycles. The van der Waals surface area contributed by atoms with Crippen LogP contribution in [0.3, 0.4) is 0 Å². The maximum Gasteiger partial charge on any atom is 0.312 e. The Morgan fingerprint density at radius 3 is 2.43 bits per heavy atom. The number of nitrogen functional groups attached to an aromatic ring is 1. The minimum Gasteiger partial charge on any atom is -0.459 e. The molecule has 0 radical (unpaired) electrons. The number of aliphatic hydroxyl groups is 1. The highest BCUT2D eigenvalue weighted by molar-refractivity contribution is 5.81. The second kappa shape index (κ2) is 13.1. The molecule has 1 aliphatic rings. The molecule has 1 fully saturated rings. The summed E-state index contributed by atoms with van der Waals surface area (Å²) < 4.78 is 27.0. The molecule has 0 aliphatic carbocycles. The number of nitrogens with two attached hydrogens (primary N) is 1. The molecule has 0 amide bonds. The Labute approximate surface area is 206 Å². The number of anilines is 1. The van der Waals surface area contributed by atoms with Crippen molar-refractivity contribution in [2.75, 3.05) is 12.3 Å². The lowest BCUT2D eigenvalue weighted by Gasteiger charge is -2.27. The zero-order chi connectivity index (χ0) is 25.3. The third-order valence-electron chi connectivity index (χ3n) is 6.81. The first-order valence-electron chi connectivity index (χ1n) is 13.0. The number of hydrogen-bond acceptors (Lipinski definition) is 8. The van der Waals surface area contributed by atoms with Crippen LogP contribution in [0.5, 0.6) is 0 Å². The van der Waals surface area contributed by atoms with Gasteiger partial charge in [-0.2, -0.15) is 14.4 Å². The van der Waals surface area contributed by atoms with Crippen molar-refractivity contribution in [1.82, 2.24) is 19.5 Å². The molecule has 0 spiro atoms. The van der Waals surface area contributed by atoms with Crippen molar-refractivity contribution in [2.24, 2.45) is 0 Å². The highest BCUT2D eigenvalue weighted by Gasteiger charge is 2.48. The number of rotatable bonds is 15. The number of esters is 1. The largest absolute Gasteiger partial charge is 0.459 e. The number of imidazole rings is 1. The summed E-state index contributed by atoms with van der Waals surface area (Å²) in [5.41, 5.74) is 5.10. The van der Waals surface area contributed by atoms with Crippen molar-refractivity contribution in [1.29, 1.82) is 0 Å². The number of unbranched alkanes of at least 4 members (excludes halogenated alkanes) is 10. The standard InChI is InChI=1S/C25H40FN5O4/c1-3-4-5-6-7-8-9-10-11-12-13-14-20(33)34-18-15-19(35-25(18,2)16-32)31-17-28-21-22(27)29-24(26)30-23(21)31/h17-19,32H,3-16H2,1-2H3,(H2,27,29,30)/t18-,19+,25+/m0/s1. The van der Waals surface area contributed by atoms with Crippen LogP contribution >= 0.6 is 0 Å². The van der Waals surface area contributed by atoms with Gasteiger partial charge in [0, 0.05) is 12.8 Å². The van der Waals surface area contributed by atoms with E-state index in [9.17, 15) is 14.3 Å². The van der Waals surface area contributed by atoms with E-state index in [1.807, 2.05) is 0 Å². The van der Waals surface area contributed by atoms with Gasteiger partial charge in [-0.15, -0.1) is 0 Å². The van der Waals surface area contributed by atoms with Crippen LogP contribution in [-0.2, 0) is 14.3 Å². The van der Waals surface area contributed by atoms with Crippen LogP contribution in [0, 0.1) is 6.08 Å². The summed E-state index contributed by atoms with van der Waals surface area (Å²) in [6.45, 7) is 3.59. The first-order valence-corrected chi connectivity index (χ1v) is 13.0. The van der Waals surface area contributed by atoms with Crippen LogP contribution in [0.1, 0.15) is 104 Å². The Morgan fingerprint density at radius 1 is 1.17 bits per heavy atom. The fourth-order valence-electron chi connectivity index (χ4n) is 4.62. The number of aromatic nitrogens is 4. The highest BCUT2D eigenvalue weighted by Crippen LogP contribution is 2.39. The fraction of sp³-hybridized carbons (Fsp3) is 0.760. The second-order valence-electron chi connectivity index (χ2n) is 9.74. The Kier molecular flexibility index (Phi) is 10.2. The minimum absolute atomic E-state index is 0.0656. The van der Waals surface area contributed by atoms with Crippen molar-refractivity contribution in [3.8, 4) is 0 Å². The van der Waals surface area contributed by atoms with Gasteiger partial charge in [0.15, 0.2) is 17.0 Å². The molecule has 35 heavy (non-hydrogen) atoms. The number of carbonyl (C=O) groups excluding carboxylic acids is 1. The van der Waals surface area contributed by atoms with Gasteiger partial charge in [-0.25, -0.2) is 4.98 Å². The van der Waals surface area contributed by atoms with E-state index in [1.54, 1.807) is 6.92 Å². The number of hydrogen-bond donors (Lipinski definition) is 2. The first-order chi connectivity index (χ1) is 16.9. The van der Waals surface area contributed by atoms with Gasteiger partial charge in [-0.3, -0.25) is 9.36 Å². The molecule has 3 N–H and O–H groups in total. The highest BCUT2D eigenvalue weighted by atomic mass is 19.1. The van der Waals surface area contributed by atoms with E-state index in [2.05, 4.69) is 21.9 Å². The predicted octanol–water partition coefficient (Wildman–Crippen LogP) is 4.83. The van der Waals surface area contributed by atoms with Crippen molar-refractivity contribution >= 4 is 23.0 Å². The van der Waals surface area contributed by atoms with E-state index < -0.39 is 24.0 Å². The summed E-state index contributed by atoms with van der Waals surface area (Å²) in [7, 11) is 0. The van der Waals surface area contributed by atoms with E-state index in [0.29, 0.717) is 6.42 Å². The predicted molar refractivity (Wildman–Crippen MR) is 131 cm³/mol. The van der Waals surface area contributed by atoms with Crippen molar-refractivity contribution < 1.29 is 23.8 Å². The zero-order valence-electron chi connectivity index (χ0n) is 21.0. The molecular formula is C25H40FN5O4. The van der Waals surface area contributed by atoms with Crippen molar-refractivity contribution in [2.45, 2.75) is 115 Å². The number of halogens is 1. The molecule has 196 valence electrons. The molecule has 2 aromatic heterocycles. The molecule has 2 aromatic rings. The van der Waals surface area contributed by atoms with Crippen molar-refractivity contribution in [3.63, 3.8) is 0 Å². The van der Waals surface area contributed by atoms with Crippen molar-refractivity contribution in [3.05, 3.63) is 12.4 Å². The summed E-state index contributed by atoms with van der Waals surface area (Å²) in [6, 6.07) is 0. The zero-order valence-corrected chi connectivity index (χ0v) is 21.0. The molecule has 3 rings (SSSR count). The number of carbonyl (C=O) groups is 1. The molecule has 1 aliphatic heterocycles. The Morgan fingerprint density at radius 2 is 1.80 bits per heavy atom. The number of aliphatic hydroxyl groups excluding tert-OH is 1. The number of fused-ring (bicyclic) bond motifs is 1. The lowest BCUT2D eigenvalue weighted by Crippen LogP contribution is -2.42. The van der Waals surface area contributed by atoms with E-state index in [-0.39, 0.29) is 36.0 Å². The van der Waals surface area contributed by atoms with E-state index in [4.69, 9.17) is 15.2 Å². The average Bonchev–Trinajstić information content (AvgIpc) is 3.39. The monoisotopic (exact) mass is 493 g/mol. The summed E-state index contributed by atoms with van der Waals surface area (Å²) in [5.74, 6) is -0.368. The summed E-state index contributed by atoms with van der Waals surface area (Å²) in [5, 5.41) is 9.96. The maximum atomic E-state index is 13.7. The molecular weight excluding hydrogens is 453 g/mol. The average molecular weight is 494 g/mol. The Balaban J connectivity index is 1.42. The Hall–Kier alpha value is -2.33. The van der Waals surface area contributed by atoms with Crippen LogP contribution in [0.15, 0.2) is 6.33 Å². The minimum atomic E-state index is -1.09. The van der Waals surface area contributed by atoms with Gasteiger partial charge in [0.25, 0.3) is 0 Å². The summed E-state index contributed by atoms with van der Waals surface area (Å²) >= 11 is 0. The van der Waals surface area contributed by atoms with Gasteiger partial charge in [0.05, 0.1) is 12.9 Å². The summed E-state index contributed by atoms with van der Waals surface area (Å²) in [6.07, 6.45) is 13.1. The van der Waals surface area contributed by atoms with Gasteiger partial charge in [0.1, 0.15) is 17.9 Å². The van der Waals surface area contributed by atoms with Crippen LogP contribution in [0.25, 0.3) is 11.2 Å². The topological polar surface area (TPSA) is 125 Å². The number of ether oxygens (including phenoxy) is 2. The molecule has 3 heterocycles. The molecule has 0 bridgehead atoms. The smallest absolute Gasteiger partial charge is 0.312 e. The van der Waals surface area contributed by atoms with E-state index >= 15 is 0 Å². The van der Waals surface area contributed by atoms with Gasteiger partial charge in [-0.05, 0) is 13.3 Å². The van der Waals surface area contributed by atoms with Crippen LogP contribution < -0.4 is 5.73 Å². The number of nitrogens with zero attached hydrogens (tertiary/aromatic N) is 4. The molecule has 0 aromatic carbocycles. The molecule has 0 unspecified atom stereocenters. The lowest BCUT2D eigenvalue weighted by atomic mass is 10.00. The van der Waals surface area contributed by atoms with Gasteiger partial charge < -0.3 is 20.3 Å². The SMILES string of the molecule is CCCCCCCCCCCCCC(=O)O[C@H]1C[C@H](n2cnc3c(N)nc(F)nc32)O[C@]1(C)CO. The molecule has 10 heteroatoms. The maximum absolute atomic E-state index is 13.7. The van der Waals surface area contributed by atoms with Crippen LogP contribution in [0.2, 0.25) is 0 Å². The third kappa shape index (κ3) is 7.33. The fourth-order valence-corrected chi connectivity index (χ4v) is 4.62. The quantitative estimate of drug-likeness (QED) is 0.205. The van der Waals surface area contributed by atoms with Gasteiger partial charge >= 0.3 is 12.0 Å². The molecule has 9 nitrogen and oxygen atoms in total. The van der Waals surface area contributed by atoms with Gasteiger partial charge in [0.2, 0.25) is 0 Å². The molecule has 3 atom stereocenters. The van der Waals surface area contributed by atoms with E-state index in [0.717, 1.165) is 19.3 Å².